The van der Waals surface area contributed by atoms with Gasteiger partial charge in [0, 0.05) is 17.1 Å². The smallest absolute Gasteiger partial charge is 0.311 e. The van der Waals surface area contributed by atoms with Crippen LogP contribution in [0, 0.1) is 0 Å². The molecule has 0 amide bonds. The van der Waals surface area contributed by atoms with E-state index in [4.69, 9.17) is 4.74 Å². The third kappa shape index (κ3) is 4.93. The summed E-state index contributed by atoms with van der Waals surface area (Å²) in [5.74, 6) is -0.281. The molecule has 0 saturated carbocycles. The molecular weight excluding hydrogens is 350 g/mol. The Balaban J connectivity index is 1.56. The van der Waals surface area contributed by atoms with Crippen molar-refractivity contribution in [1.29, 1.82) is 0 Å². The molecule has 2 heterocycles. The van der Waals surface area contributed by atoms with Crippen molar-refractivity contribution in [3.63, 3.8) is 0 Å². The Bertz CT molecular complexity index is 878. The van der Waals surface area contributed by atoms with Crippen LogP contribution in [0.1, 0.15) is 18.2 Å². The third-order valence-corrected chi connectivity index (χ3v) is 4.14. The molecule has 3 aromatic rings. The van der Waals surface area contributed by atoms with E-state index in [-0.39, 0.29) is 12.4 Å². The Morgan fingerprint density at radius 3 is 2.88 bits per heavy atom. The molecule has 0 saturated heterocycles. The van der Waals surface area contributed by atoms with E-state index < -0.39 is 0 Å². The van der Waals surface area contributed by atoms with E-state index in [2.05, 4.69) is 25.5 Å². The van der Waals surface area contributed by atoms with Gasteiger partial charge in [-0.05, 0) is 18.6 Å². The Hall–Kier alpha value is -3.13. The van der Waals surface area contributed by atoms with Crippen LogP contribution in [0.4, 0.5) is 5.13 Å². The zero-order chi connectivity index (χ0) is 18.2. The monoisotopic (exact) mass is 367 g/mol. The van der Waals surface area contributed by atoms with Crippen molar-refractivity contribution >= 4 is 28.7 Å². The van der Waals surface area contributed by atoms with Crippen LogP contribution in [0.15, 0.2) is 53.3 Å². The molecule has 0 bridgehead atoms. The number of rotatable bonds is 7. The topological polar surface area (TPSA) is 89.4 Å². The molecular formula is C18H17N5O2S. The van der Waals surface area contributed by atoms with E-state index in [0.717, 1.165) is 16.8 Å². The zero-order valence-corrected chi connectivity index (χ0v) is 14.9. The molecule has 0 radical (unpaired) electrons. The van der Waals surface area contributed by atoms with Gasteiger partial charge in [-0.1, -0.05) is 24.3 Å². The lowest BCUT2D eigenvalue weighted by Gasteiger charge is -2.00. The van der Waals surface area contributed by atoms with Crippen molar-refractivity contribution in [2.75, 3.05) is 12.0 Å². The summed E-state index contributed by atoms with van der Waals surface area (Å²) in [6, 6.07) is 9.73. The summed E-state index contributed by atoms with van der Waals surface area (Å²) >= 11 is 1.39. The summed E-state index contributed by atoms with van der Waals surface area (Å²) in [7, 11) is 0. The molecule has 26 heavy (non-hydrogen) atoms. The minimum absolute atomic E-state index is 0.167. The highest BCUT2D eigenvalue weighted by Crippen LogP contribution is 2.17. The second-order valence-electron chi connectivity index (χ2n) is 5.21. The maximum absolute atomic E-state index is 11.4. The lowest BCUT2D eigenvalue weighted by atomic mass is 10.1. The lowest BCUT2D eigenvalue weighted by Crippen LogP contribution is -2.07. The number of anilines is 1. The fourth-order valence-electron chi connectivity index (χ4n) is 2.16. The first-order valence-corrected chi connectivity index (χ1v) is 8.88. The summed E-state index contributed by atoms with van der Waals surface area (Å²) in [6.45, 7) is 2.15. The molecule has 132 valence electrons. The molecule has 2 aromatic heterocycles. The minimum Gasteiger partial charge on any atom is -0.466 e. The molecule has 1 N–H and O–H groups in total. The van der Waals surface area contributed by atoms with Gasteiger partial charge in [0.1, 0.15) is 6.33 Å². The van der Waals surface area contributed by atoms with Gasteiger partial charge in [-0.2, -0.15) is 5.10 Å². The summed E-state index contributed by atoms with van der Waals surface area (Å²) in [5, 5.41) is 6.61. The zero-order valence-electron chi connectivity index (χ0n) is 14.1. The molecule has 0 fully saturated rings. The Morgan fingerprint density at radius 1 is 1.31 bits per heavy atom. The first-order valence-electron chi connectivity index (χ1n) is 8.00. The first kappa shape index (κ1) is 17.7. The van der Waals surface area contributed by atoms with E-state index in [1.165, 1.54) is 17.7 Å². The van der Waals surface area contributed by atoms with Crippen molar-refractivity contribution < 1.29 is 9.53 Å². The first-order chi connectivity index (χ1) is 12.7. The van der Waals surface area contributed by atoms with Gasteiger partial charge in [-0.25, -0.2) is 15.0 Å². The standard InChI is InChI=1S/C18H17N5O2S/c1-2-25-17(24)9-15-11-26-18(22-15)23-21-10-13-3-5-14(6-4-13)16-7-8-19-12-20-16/h3-8,10-12H,2,9H2,1H3,(H,22,23). The van der Waals surface area contributed by atoms with Crippen LogP contribution in [-0.2, 0) is 16.0 Å². The number of ether oxygens (including phenoxy) is 1. The summed E-state index contributed by atoms with van der Waals surface area (Å²) in [4.78, 5) is 23.9. The van der Waals surface area contributed by atoms with E-state index in [0.29, 0.717) is 17.4 Å². The predicted molar refractivity (Wildman–Crippen MR) is 101 cm³/mol. The number of esters is 1. The number of hydrogen-bond acceptors (Lipinski definition) is 8. The number of nitrogens with zero attached hydrogens (tertiary/aromatic N) is 4. The average molecular weight is 367 g/mol. The van der Waals surface area contributed by atoms with Crippen LogP contribution in [0.25, 0.3) is 11.3 Å². The maximum Gasteiger partial charge on any atom is 0.311 e. The predicted octanol–water partition coefficient (Wildman–Crippen LogP) is 3.15. The van der Waals surface area contributed by atoms with Gasteiger partial charge in [0.2, 0.25) is 5.13 Å². The van der Waals surface area contributed by atoms with Gasteiger partial charge >= 0.3 is 5.97 Å². The van der Waals surface area contributed by atoms with Crippen molar-refractivity contribution in [1.82, 2.24) is 15.0 Å². The van der Waals surface area contributed by atoms with Gasteiger partial charge in [0.25, 0.3) is 0 Å². The fourth-order valence-corrected chi connectivity index (χ4v) is 2.82. The Kier molecular flexibility index (Phi) is 6.00. The molecule has 1 aromatic carbocycles. The van der Waals surface area contributed by atoms with Crippen molar-refractivity contribution in [3.8, 4) is 11.3 Å². The van der Waals surface area contributed by atoms with Crippen LogP contribution in [0.2, 0.25) is 0 Å². The normalized spacial score (nSPS) is 10.8. The number of hydrogen-bond donors (Lipinski definition) is 1. The number of benzene rings is 1. The molecule has 0 atom stereocenters. The lowest BCUT2D eigenvalue weighted by molar-refractivity contribution is -0.142. The van der Waals surface area contributed by atoms with Gasteiger partial charge < -0.3 is 4.74 Å². The van der Waals surface area contributed by atoms with Gasteiger partial charge in [-0.15, -0.1) is 11.3 Å². The summed E-state index contributed by atoms with van der Waals surface area (Å²) < 4.78 is 4.90. The Morgan fingerprint density at radius 2 is 2.15 bits per heavy atom. The minimum atomic E-state index is -0.281. The van der Waals surface area contributed by atoms with Crippen molar-refractivity contribution in [2.24, 2.45) is 5.10 Å². The van der Waals surface area contributed by atoms with Crippen LogP contribution in [-0.4, -0.2) is 33.7 Å². The maximum atomic E-state index is 11.4. The summed E-state index contributed by atoms with van der Waals surface area (Å²) in [6.07, 6.45) is 5.11. The van der Waals surface area contributed by atoms with Crippen LogP contribution in [0.3, 0.4) is 0 Å². The molecule has 0 spiro atoms. The third-order valence-electron chi connectivity index (χ3n) is 3.34. The summed E-state index contributed by atoms with van der Waals surface area (Å²) in [5.41, 5.74) is 6.37. The number of nitrogens with one attached hydrogen (secondary N) is 1. The highest BCUT2D eigenvalue weighted by atomic mass is 32.1. The quantitative estimate of drug-likeness (QED) is 0.392. The molecule has 0 aliphatic carbocycles. The van der Waals surface area contributed by atoms with Gasteiger partial charge in [0.15, 0.2) is 0 Å². The molecule has 0 unspecified atom stereocenters. The van der Waals surface area contributed by atoms with E-state index in [1.807, 2.05) is 35.7 Å². The number of aromatic nitrogens is 3. The Labute approximate surface area is 154 Å². The molecule has 3 rings (SSSR count). The van der Waals surface area contributed by atoms with E-state index >= 15 is 0 Å². The van der Waals surface area contributed by atoms with Crippen molar-refractivity contribution in [3.05, 3.63) is 59.5 Å². The second kappa shape index (κ2) is 8.82. The van der Waals surface area contributed by atoms with Crippen molar-refractivity contribution in [2.45, 2.75) is 13.3 Å². The number of carbonyl (C=O) groups excluding carboxylic acids is 1. The molecule has 7 nitrogen and oxygen atoms in total. The number of carbonyl (C=O) groups is 1. The SMILES string of the molecule is CCOC(=O)Cc1csc(NN=Cc2ccc(-c3ccncn3)cc2)n1. The van der Waals surface area contributed by atoms with E-state index in [9.17, 15) is 4.79 Å². The van der Waals surface area contributed by atoms with Crippen LogP contribution >= 0.6 is 11.3 Å². The number of thiazole rings is 1. The highest BCUT2D eigenvalue weighted by Gasteiger charge is 2.07. The van der Waals surface area contributed by atoms with Gasteiger partial charge in [-0.3, -0.25) is 10.2 Å². The van der Waals surface area contributed by atoms with Gasteiger partial charge in [0.05, 0.1) is 30.6 Å². The average Bonchev–Trinajstić information content (AvgIpc) is 3.10. The van der Waals surface area contributed by atoms with Crippen LogP contribution < -0.4 is 5.43 Å². The largest absolute Gasteiger partial charge is 0.466 e. The highest BCUT2D eigenvalue weighted by molar-refractivity contribution is 7.13. The fraction of sp³-hybridized carbons (Fsp3) is 0.167. The van der Waals surface area contributed by atoms with E-state index in [1.54, 1.807) is 19.3 Å². The number of hydrazone groups is 1. The molecule has 0 aliphatic heterocycles. The molecule has 8 heteroatoms. The van der Waals surface area contributed by atoms with Crippen LogP contribution in [0.5, 0.6) is 0 Å². The second-order valence-corrected chi connectivity index (χ2v) is 6.07. The molecule has 0 aliphatic rings.